The van der Waals surface area contributed by atoms with Crippen LogP contribution in [-0.2, 0) is 9.53 Å². The van der Waals surface area contributed by atoms with Crippen LogP contribution in [0.4, 0.5) is 5.69 Å². The van der Waals surface area contributed by atoms with Gasteiger partial charge < -0.3 is 15.8 Å². The highest BCUT2D eigenvalue weighted by molar-refractivity contribution is 5.92. The van der Waals surface area contributed by atoms with Gasteiger partial charge >= 0.3 is 0 Å². The molecule has 0 aromatic heterocycles. The molecule has 4 nitrogen and oxygen atoms in total. The van der Waals surface area contributed by atoms with E-state index >= 15 is 0 Å². The minimum Gasteiger partial charge on any atom is -0.399 e. The number of benzene rings is 1. The fraction of sp³-hybridized carbons (Fsp3) is 0.400. The predicted octanol–water partition coefficient (Wildman–Crippen LogP) is 1.97. The SMILES string of the molecule is COC1CCCC1NC(=O)/C=C/c1ccc(N)cc1. The summed E-state index contributed by atoms with van der Waals surface area (Å²) in [5.41, 5.74) is 7.28. The highest BCUT2D eigenvalue weighted by Gasteiger charge is 2.27. The first-order valence-electron chi connectivity index (χ1n) is 6.56. The first kappa shape index (κ1) is 13.6. The van der Waals surface area contributed by atoms with Crippen LogP contribution in [0.5, 0.6) is 0 Å². The molecule has 0 radical (unpaired) electrons. The molecule has 1 aromatic rings. The number of nitrogens with one attached hydrogen (secondary N) is 1. The van der Waals surface area contributed by atoms with E-state index in [1.54, 1.807) is 19.3 Å². The lowest BCUT2D eigenvalue weighted by Crippen LogP contribution is -2.39. The maximum atomic E-state index is 11.8. The van der Waals surface area contributed by atoms with Gasteiger partial charge in [0.05, 0.1) is 12.1 Å². The van der Waals surface area contributed by atoms with Gasteiger partial charge in [0.1, 0.15) is 0 Å². The smallest absolute Gasteiger partial charge is 0.244 e. The number of rotatable bonds is 4. The largest absolute Gasteiger partial charge is 0.399 e. The second-order valence-corrected chi connectivity index (χ2v) is 4.82. The monoisotopic (exact) mass is 260 g/mol. The van der Waals surface area contributed by atoms with Gasteiger partial charge in [0.15, 0.2) is 0 Å². The van der Waals surface area contributed by atoms with Crippen LogP contribution >= 0.6 is 0 Å². The first-order chi connectivity index (χ1) is 9.19. The second-order valence-electron chi connectivity index (χ2n) is 4.82. The molecule has 19 heavy (non-hydrogen) atoms. The summed E-state index contributed by atoms with van der Waals surface area (Å²) in [6.07, 6.45) is 6.59. The molecule has 1 aliphatic rings. The lowest BCUT2D eigenvalue weighted by Gasteiger charge is -2.18. The number of ether oxygens (including phenoxy) is 1. The third kappa shape index (κ3) is 3.83. The van der Waals surface area contributed by atoms with Crippen LogP contribution in [0.15, 0.2) is 30.3 Å². The molecule has 1 amide bonds. The van der Waals surface area contributed by atoms with E-state index in [4.69, 9.17) is 10.5 Å². The lowest BCUT2D eigenvalue weighted by atomic mass is 10.2. The number of amides is 1. The highest BCUT2D eigenvalue weighted by Crippen LogP contribution is 2.21. The van der Waals surface area contributed by atoms with Crippen LogP contribution < -0.4 is 11.1 Å². The van der Waals surface area contributed by atoms with Crippen molar-refractivity contribution in [3.8, 4) is 0 Å². The molecular formula is C15H20N2O2. The van der Waals surface area contributed by atoms with Gasteiger partial charge in [-0.05, 0) is 43.0 Å². The van der Waals surface area contributed by atoms with Crippen LogP contribution in [0.1, 0.15) is 24.8 Å². The normalized spacial score (nSPS) is 22.8. The molecule has 3 N–H and O–H groups in total. The molecule has 1 aromatic carbocycles. The molecule has 2 rings (SSSR count). The Morgan fingerprint density at radius 1 is 1.37 bits per heavy atom. The van der Waals surface area contributed by atoms with E-state index in [2.05, 4.69) is 5.32 Å². The van der Waals surface area contributed by atoms with E-state index in [1.165, 1.54) is 0 Å². The summed E-state index contributed by atoms with van der Waals surface area (Å²) in [5, 5.41) is 2.99. The third-order valence-corrected chi connectivity index (χ3v) is 3.45. The van der Waals surface area contributed by atoms with Gasteiger partial charge in [-0.25, -0.2) is 0 Å². The Balaban J connectivity index is 1.88. The minimum absolute atomic E-state index is 0.0780. The summed E-state index contributed by atoms with van der Waals surface area (Å²) in [6.45, 7) is 0. The first-order valence-corrected chi connectivity index (χ1v) is 6.56. The molecule has 1 saturated carbocycles. The summed E-state index contributed by atoms with van der Waals surface area (Å²) < 4.78 is 5.35. The number of carbonyl (C=O) groups excluding carboxylic acids is 1. The molecule has 2 atom stereocenters. The maximum Gasteiger partial charge on any atom is 0.244 e. The van der Waals surface area contributed by atoms with Crippen molar-refractivity contribution in [2.24, 2.45) is 0 Å². The Bertz CT molecular complexity index is 454. The van der Waals surface area contributed by atoms with E-state index in [-0.39, 0.29) is 18.1 Å². The van der Waals surface area contributed by atoms with Crippen LogP contribution in [0.3, 0.4) is 0 Å². The predicted molar refractivity (Wildman–Crippen MR) is 76.5 cm³/mol. The summed E-state index contributed by atoms with van der Waals surface area (Å²) in [4.78, 5) is 11.8. The van der Waals surface area contributed by atoms with E-state index < -0.39 is 0 Å². The van der Waals surface area contributed by atoms with E-state index in [1.807, 2.05) is 24.3 Å². The molecule has 1 aliphatic carbocycles. The lowest BCUT2D eigenvalue weighted by molar-refractivity contribution is -0.117. The summed E-state index contributed by atoms with van der Waals surface area (Å²) in [6, 6.07) is 7.53. The molecule has 4 heteroatoms. The zero-order valence-corrected chi connectivity index (χ0v) is 11.1. The van der Waals surface area contributed by atoms with Crippen molar-refractivity contribution in [3.63, 3.8) is 0 Å². The van der Waals surface area contributed by atoms with Gasteiger partial charge in [-0.1, -0.05) is 12.1 Å². The molecule has 0 saturated heterocycles. The zero-order valence-electron chi connectivity index (χ0n) is 11.1. The van der Waals surface area contributed by atoms with Crippen LogP contribution in [0.2, 0.25) is 0 Å². The quantitative estimate of drug-likeness (QED) is 0.642. The number of nitrogen functional groups attached to an aromatic ring is 1. The van der Waals surface area contributed by atoms with Crippen molar-refractivity contribution >= 4 is 17.7 Å². The van der Waals surface area contributed by atoms with Crippen molar-refractivity contribution in [2.45, 2.75) is 31.4 Å². The molecular weight excluding hydrogens is 240 g/mol. The number of hydrogen-bond acceptors (Lipinski definition) is 3. The van der Waals surface area contributed by atoms with Gasteiger partial charge in [0, 0.05) is 18.9 Å². The van der Waals surface area contributed by atoms with Crippen molar-refractivity contribution in [1.29, 1.82) is 0 Å². The number of nitrogens with two attached hydrogens (primary N) is 1. The van der Waals surface area contributed by atoms with Crippen molar-refractivity contribution in [1.82, 2.24) is 5.32 Å². The fourth-order valence-electron chi connectivity index (χ4n) is 2.38. The Kier molecular flexibility index (Phi) is 4.58. The maximum absolute atomic E-state index is 11.8. The summed E-state index contributed by atoms with van der Waals surface area (Å²) in [5.74, 6) is -0.0780. The molecule has 1 fully saturated rings. The summed E-state index contributed by atoms with van der Waals surface area (Å²) >= 11 is 0. The topological polar surface area (TPSA) is 64.3 Å². The van der Waals surface area contributed by atoms with Gasteiger partial charge in [-0.2, -0.15) is 0 Å². The van der Waals surface area contributed by atoms with Crippen molar-refractivity contribution < 1.29 is 9.53 Å². The van der Waals surface area contributed by atoms with Crippen LogP contribution in [-0.4, -0.2) is 25.2 Å². The van der Waals surface area contributed by atoms with Crippen molar-refractivity contribution in [2.75, 3.05) is 12.8 Å². The Labute approximate surface area is 113 Å². The Morgan fingerprint density at radius 2 is 2.11 bits per heavy atom. The van der Waals surface area contributed by atoms with Gasteiger partial charge in [0.25, 0.3) is 0 Å². The number of anilines is 1. The highest BCUT2D eigenvalue weighted by atomic mass is 16.5. The van der Waals surface area contributed by atoms with Crippen molar-refractivity contribution in [3.05, 3.63) is 35.9 Å². The van der Waals surface area contributed by atoms with E-state index in [0.717, 1.165) is 30.5 Å². The number of methoxy groups -OCH3 is 1. The van der Waals surface area contributed by atoms with Gasteiger partial charge in [-0.15, -0.1) is 0 Å². The summed E-state index contributed by atoms with van der Waals surface area (Å²) in [7, 11) is 1.69. The minimum atomic E-state index is -0.0780. The molecule has 102 valence electrons. The number of carbonyl (C=O) groups is 1. The average Bonchev–Trinajstić information content (AvgIpc) is 2.85. The molecule has 0 bridgehead atoms. The van der Waals surface area contributed by atoms with Gasteiger partial charge in [0.2, 0.25) is 5.91 Å². The molecule has 0 spiro atoms. The zero-order chi connectivity index (χ0) is 13.7. The van der Waals surface area contributed by atoms with E-state index in [9.17, 15) is 4.79 Å². The Hall–Kier alpha value is -1.81. The fourth-order valence-corrected chi connectivity index (χ4v) is 2.38. The standard InChI is InChI=1S/C15H20N2O2/c1-19-14-4-2-3-13(14)17-15(18)10-7-11-5-8-12(16)9-6-11/h5-10,13-14H,2-4,16H2,1H3,(H,17,18)/b10-7+. The van der Waals surface area contributed by atoms with Crippen LogP contribution in [0, 0.1) is 0 Å². The Morgan fingerprint density at radius 3 is 2.79 bits per heavy atom. The second kappa shape index (κ2) is 6.38. The van der Waals surface area contributed by atoms with E-state index in [0.29, 0.717) is 0 Å². The average molecular weight is 260 g/mol. The third-order valence-electron chi connectivity index (χ3n) is 3.45. The van der Waals surface area contributed by atoms with Crippen LogP contribution in [0.25, 0.3) is 6.08 Å². The molecule has 0 heterocycles. The molecule has 2 unspecified atom stereocenters. The number of hydrogen-bond donors (Lipinski definition) is 2. The molecule has 0 aliphatic heterocycles. The van der Waals surface area contributed by atoms with Gasteiger partial charge in [-0.3, -0.25) is 4.79 Å².